The first kappa shape index (κ1) is 11.9. The van der Waals surface area contributed by atoms with E-state index in [1.807, 2.05) is 14.1 Å². The molecule has 0 bridgehead atoms. The number of rotatable bonds is 5. The van der Waals surface area contributed by atoms with E-state index in [0.29, 0.717) is 12.6 Å². The fourth-order valence-electron chi connectivity index (χ4n) is 1.45. The summed E-state index contributed by atoms with van der Waals surface area (Å²) in [5.74, 6) is 0. The van der Waals surface area contributed by atoms with Crippen molar-refractivity contribution < 1.29 is 4.74 Å². The molecular formula is C12H20N2O. The van der Waals surface area contributed by atoms with Crippen molar-refractivity contribution in [3.63, 3.8) is 0 Å². The van der Waals surface area contributed by atoms with E-state index in [1.165, 1.54) is 5.69 Å². The van der Waals surface area contributed by atoms with Gasteiger partial charge in [0.15, 0.2) is 0 Å². The summed E-state index contributed by atoms with van der Waals surface area (Å²) in [5.41, 5.74) is 2.33. The molecule has 1 aromatic carbocycles. The number of hydrogen-bond donors (Lipinski definition) is 1. The van der Waals surface area contributed by atoms with Gasteiger partial charge in [-0.05, 0) is 25.1 Å². The molecule has 1 rings (SSSR count). The first-order chi connectivity index (χ1) is 7.13. The number of nitrogens with zero attached hydrogens (tertiary/aromatic N) is 1. The average Bonchev–Trinajstić information content (AvgIpc) is 2.18. The second-order valence-electron chi connectivity index (χ2n) is 3.95. The van der Waals surface area contributed by atoms with Crippen molar-refractivity contribution in [2.75, 3.05) is 38.0 Å². The highest BCUT2D eigenvalue weighted by molar-refractivity contribution is 5.57. The van der Waals surface area contributed by atoms with E-state index < -0.39 is 0 Å². The van der Waals surface area contributed by atoms with Crippen LogP contribution in [0.25, 0.3) is 0 Å². The molecular weight excluding hydrogens is 188 g/mol. The Kier molecular flexibility index (Phi) is 4.43. The Morgan fingerprint density at radius 1 is 1.40 bits per heavy atom. The summed E-state index contributed by atoms with van der Waals surface area (Å²) < 4.78 is 5.08. The third kappa shape index (κ3) is 3.80. The third-order valence-corrected chi connectivity index (χ3v) is 2.19. The maximum Gasteiger partial charge on any atom is 0.0661 e. The van der Waals surface area contributed by atoms with E-state index in [-0.39, 0.29) is 0 Å². The van der Waals surface area contributed by atoms with Crippen molar-refractivity contribution >= 4 is 11.4 Å². The Morgan fingerprint density at radius 2 is 2.13 bits per heavy atom. The van der Waals surface area contributed by atoms with Crippen LogP contribution in [0, 0.1) is 0 Å². The van der Waals surface area contributed by atoms with E-state index >= 15 is 0 Å². The van der Waals surface area contributed by atoms with Crippen molar-refractivity contribution in [1.82, 2.24) is 0 Å². The van der Waals surface area contributed by atoms with Gasteiger partial charge in [0.25, 0.3) is 0 Å². The predicted molar refractivity (Wildman–Crippen MR) is 65.7 cm³/mol. The fourth-order valence-corrected chi connectivity index (χ4v) is 1.45. The smallest absolute Gasteiger partial charge is 0.0661 e. The zero-order valence-corrected chi connectivity index (χ0v) is 9.95. The number of methoxy groups -OCH3 is 1. The summed E-state index contributed by atoms with van der Waals surface area (Å²) in [6, 6.07) is 8.67. The Balaban J connectivity index is 2.65. The van der Waals surface area contributed by atoms with Crippen LogP contribution in [-0.4, -0.2) is 33.9 Å². The van der Waals surface area contributed by atoms with Gasteiger partial charge in [0.2, 0.25) is 0 Å². The van der Waals surface area contributed by atoms with Gasteiger partial charge in [-0.3, -0.25) is 0 Å². The molecule has 0 heterocycles. The maximum atomic E-state index is 5.08. The normalized spacial score (nSPS) is 12.3. The second kappa shape index (κ2) is 5.61. The van der Waals surface area contributed by atoms with Crippen LogP contribution in [0.15, 0.2) is 24.3 Å². The number of nitrogens with one attached hydrogen (secondary N) is 1. The molecule has 0 aromatic heterocycles. The lowest BCUT2D eigenvalue weighted by Gasteiger charge is -2.17. The summed E-state index contributed by atoms with van der Waals surface area (Å²) >= 11 is 0. The molecule has 1 atom stereocenters. The van der Waals surface area contributed by atoms with E-state index in [0.717, 1.165) is 5.69 Å². The zero-order chi connectivity index (χ0) is 11.3. The largest absolute Gasteiger partial charge is 0.383 e. The van der Waals surface area contributed by atoms with E-state index in [9.17, 15) is 0 Å². The lowest BCUT2D eigenvalue weighted by Crippen LogP contribution is -2.21. The minimum Gasteiger partial charge on any atom is -0.383 e. The van der Waals surface area contributed by atoms with E-state index in [1.54, 1.807) is 7.11 Å². The first-order valence-corrected chi connectivity index (χ1v) is 5.16. The van der Waals surface area contributed by atoms with Crippen LogP contribution in [0.5, 0.6) is 0 Å². The van der Waals surface area contributed by atoms with Gasteiger partial charge in [-0.15, -0.1) is 0 Å². The van der Waals surface area contributed by atoms with Crippen molar-refractivity contribution in [3.05, 3.63) is 24.3 Å². The summed E-state index contributed by atoms with van der Waals surface area (Å²) in [4.78, 5) is 2.09. The van der Waals surface area contributed by atoms with Crippen LogP contribution in [0.4, 0.5) is 11.4 Å². The molecule has 0 aliphatic heterocycles. The molecule has 84 valence electrons. The topological polar surface area (TPSA) is 24.5 Å². The van der Waals surface area contributed by atoms with Crippen molar-refractivity contribution in [2.24, 2.45) is 0 Å². The number of benzene rings is 1. The van der Waals surface area contributed by atoms with Gasteiger partial charge in [-0.1, -0.05) is 6.07 Å². The highest BCUT2D eigenvalue weighted by Crippen LogP contribution is 2.17. The van der Waals surface area contributed by atoms with Crippen molar-refractivity contribution in [1.29, 1.82) is 0 Å². The van der Waals surface area contributed by atoms with Gasteiger partial charge >= 0.3 is 0 Å². The standard InChI is InChI=1S/C12H20N2O/c1-10(9-15-4)13-11-6-5-7-12(8-11)14(2)3/h5-8,10,13H,9H2,1-4H3. The lowest BCUT2D eigenvalue weighted by molar-refractivity contribution is 0.190. The van der Waals surface area contributed by atoms with Crippen LogP contribution in [0.2, 0.25) is 0 Å². The molecule has 0 fully saturated rings. The molecule has 15 heavy (non-hydrogen) atoms. The highest BCUT2D eigenvalue weighted by Gasteiger charge is 2.02. The Hall–Kier alpha value is -1.22. The first-order valence-electron chi connectivity index (χ1n) is 5.16. The van der Waals surface area contributed by atoms with Gasteiger partial charge in [0, 0.05) is 38.6 Å². The molecule has 0 radical (unpaired) electrons. The minimum absolute atomic E-state index is 0.326. The molecule has 0 saturated heterocycles. The highest BCUT2D eigenvalue weighted by atomic mass is 16.5. The molecule has 0 saturated carbocycles. The zero-order valence-electron chi connectivity index (χ0n) is 9.95. The average molecular weight is 208 g/mol. The Bertz CT molecular complexity index is 299. The molecule has 1 aromatic rings. The van der Waals surface area contributed by atoms with Crippen LogP contribution in [-0.2, 0) is 4.74 Å². The summed E-state index contributed by atoms with van der Waals surface area (Å²) in [7, 11) is 5.80. The molecule has 3 nitrogen and oxygen atoms in total. The summed E-state index contributed by atoms with van der Waals surface area (Å²) in [6.07, 6.45) is 0. The fraction of sp³-hybridized carbons (Fsp3) is 0.500. The lowest BCUT2D eigenvalue weighted by atomic mass is 10.2. The third-order valence-electron chi connectivity index (χ3n) is 2.19. The predicted octanol–water partition coefficient (Wildman–Crippen LogP) is 2.20. The van der Waals surface area contributed by atoms with Crippen molar-refractivity contribution in [2.45, 2.75) is 13.0 Å². The van der Waals surface area contributed by atoms with Gasteiger partial charge in [-0.2, -0.15) is 0 Å². The number of ether oxygens (including phenoxy) is 1. The molecule has 0 aliphatic rings. The minimum atomic E-state index is 0.326. The molecule has 1 N–H and O–H groups in total. The van der Waals surface area contributed by atoms with Crippen LogP contribution in [0.3, 0.4) is 0 Å². The summed E-state index contributed by atoms with van der Waals surface area (Å²) in [5, 5.41) is 3.39. The van der Waals surface area contributed by atoms with Gasteiger partial charge in [0.05, 0.1) is 6.61 Å². The number of anilines is 2. The van der Waals surface area contributed by atoms with E-state index in [2.05, 4.69) is 41.4 Å². The van der Waals surface area contributed by atoms with Crippen LogP contribution < -0.4 is 10.2 Å². The second-order valence-corrected chi connectivity index (χ2v) is 3.95. The van der Waals surface area contributed by atoms with E-state index in [4.69, 9.17) is 4.74 Å². The number of hydrogen-bond acceptors (Lipinski definition) is 3. The molecule has 0 spiro atoms. The maximum absolute atomic E-state index is 5.08. The quantitative estimate of drug-likeness (QED) is 0.803. The Labute approximate surface area is 92.0 Å². The van der Waals surface area contributed by atoms with Gasteiger partial charge in [0.1, 0.15) is 0 Å². The molecule has 0 aliphatic carbocycles. The SMILES string of the molecule is COCC(C)Nc1cccc(N(C)C)c1. The van der Waals surface area contributed by atoms with Crippen molar-refractivity contribution in [3.8, 4) is 0 Å². The molecule has 0 amide bonds. The van der Waals surface area contributed by atoms with Crippen LogP contribution >= 0.6 is 0 Å². The molecule has 1 unspecified atom stereocenters. The van der Waals surface area contributed by atoms with Gasteiger partial charge in [-0.25, -0.2) is 0 Å². The van der Waals surface area contributed by atoms with Crippen LogP contribution in [0.1, 0.15) is 6.92 Å². The molecule has 3 heteroatoms. The van der Waals surface area contributed by atoms with Gasteiger partial charge < -0.3 is 15.0 Å². The summed E-state index contributed by atoms with van der Waals surface area (Å²) in [6.45, 7) is 2.82. The monoisotopic (exact) mass is 208 g/mol. The Morgan fingerprint density at radius 3 is 2.73 bits per heavy atom.